The molecule has 100 valence electrons. The van der Waals surface area contributed by atoms with Crippen LogP contribution in [0.4, 0.5) is 0 Å². The van der Waals surface area contributed by atoms with Crippen molar-refractivity contribution >= 4 is 0 Å². The number of benzene rings is 1. The van der Waals surface area contributed by atoms with Crippen LogP contribution in [0.15, 0.2) is 30.3 Å². The SMILES string of the molecule is CCN(CCNCc1ccccc1)C1CCCC1. The fourth-order valence-electron chi connectivity index (χ4n) is 2.92. The Morgan fingerprint density at radius 2 is 1.89 bits per heavy atom. The van der Waals surface area contributed by atoms with Gasteiger partial charge in [-0.25, -0.2) is 0 Å². The molecule has 0 heterocycles. The second-order valence-corrected chi connectivity index (χ2v) is 5.23. The van der Waals surface area contributed by atoms with Gasteiger partial charge in [0.1, 0.15) is 0 Å². The molecule has 0 spiro atoms. The zero-order chi connectivity index (χ0) is 12.6. The van der Waals surface area contributed by atoms with Gasteiger partial charge in [0.2, 0.25) is 0 Å². The summed E-state index contributed by atoms with van der Waals surface area (Å²) in [6, 6.07) is 11.5. The van der Waals surface area contributed by atoms with E-state index in [1.807, 2.05) is 0 Å². The van der Waals surface area contributed by atoms with Gasteiger partial charge in [-0.05, 0) is 24.9 Å². The Morgan fingerprint density at radius 1 is 1.17 bits per heavy atom. The molecule has 2 heteroatoms. The summed E-state index contributed by atoms with van der Waals surface area (Å²) in [6.07, 6.45) is 5.68. The predicted molar refractivity (Wildman–Crippen MR) is 77.7 cm³/mol. The van der Waals surface area contributed by atoms with Gasteiger partial charge in [-0.3, -0.25) is 4.90 Å². The molecule has 0 amide bonds. The lowest BCUT2D eigenvalue weighted by molar-refractivity contribution is 0.209. The van der Waals surface area contributed by atoms with E-state index in [9.17, 15) is 0 Å². The molecule has 1 fully saturated rings. The van der Waals surface area contributed by atoms with Crippen LogP contribution in [-0.2, 0) is 6.54 Å². The van der Waals surface area contributed by atoms with Crippen molar-refractivity contribution in [3.05, 3.63) is 35.9 Å². The number of nitrogens with zero attached hydrogens (tertiary/aromatic N) is 1. The Hall–Kier alpha value is -0.860. The molecule has 1 aliphatic rings. The van der Waals surface area contributed by atoms with Gasteiger partial charge >= 0.3 is 0 Å². The predicted octanol–water partition coefficient (Wildman–Crippen LogP) is 3.04. The van der Waals surface area contributed by atoms with E-state index < -0.39 is 0 Å². The monoisotopic (exact) mass is 246 g/mol. The maximum atomic E-state index is 3.55. The van der Waals surface area contributed by atoms with Gasteiger partial charge < -0.3 is 5.32 Å². The molecule has 0 unspecified atom stereocenters. The first-order valence-corrected chi connectivity index (χ1v) is 7.39. The van der Waals surface area contributed by atoms with Crippen molar-refractivity contribution in [1.82, 2.24) is 10.2 Å². The smallest absolute Gasteiger partial charge is 0.0206 e. The van der Waals surface area contributed by atoms with Gasteiger partial charge in [0.15, 0.2) is 0 Å². The van der Waals surface area contributed by atoms with E-state index >= 15 is 0 Å². The highest BCUT2D eigenvalue weighted by molar-refractivity contribution is 5.14. The fourth-order valence-corrected chi connectivity index (χ4v) is 2.92. The van der Waals surface area contributed by atoms with Crippen molar-refractivity contribution in [2.24, 2.45) is 0 Å². The zero-order valence-corrected chi connectivity index (χ0v) is 11.6. The number of hydrogen-bond donors (Lipinski definition) is 1. The van der Waals surface area contributed by atoms with E-state index in [0.29, 0.717) is 0 Å². The molecule has 0 saturated heterocycles. The molecule has 1 saturated carbocycles. The summed E-state index contributed by atoms with van der Waals surface area (Å²) in [5.74, 6) is 0. The van der Waals surface area contributed by atoms with Crippen molar-refractivity contribution in [1.29, 1.82) is 0 Å². The van der Waals surface area contributed by atoms with Crippen molar-refractivity contribution < 1.29 is 0 Å². The number of hydrogen-bond acceptors (Lipinski definition) is 2. The van der Waals surface area contributed by atoms with Crippen LogP contribution in [0.1, 0.15) is 38.2 Å². The van der Waals surface area contributed by atoms with Gasteiger partial charge in [-0.2, -0.15) is 0 Å². The van der Waals surface area contributed by atoms with Crippen LogP contribution < -0.4 is 5.32 Å². The second kappa shape index (κ2) is 7.55. The third-order valence-electron chi connectivity index (χ3n) is 4.00. The van der Waals surface area contributed by atoms with Gasteiger partial charge in [0, 0.05) is 25.7 Å². The Morgan fingerprint density at radius 3 is 2.56 bits per heavy atom. The van der Waals surface area contributed by atoms with Crippen molar-refractivity contribution in [3.63, 3.8) is 0 Å². The molecule has 0 atom stereocenters. The normalized spacial score (nSPS) is 16.6. The standard InChI is InChI=1S/C16H26N2/c1-2-18(16-10-6-7-11-16)13-12-17-14-15-8-4-3-5-9-15/h3-5,8-9,16-17H,2,6-7,10-14H2,1H3. The quantitative estimate of drug-likeness (QED) is 0.744. The number of rotatable bonds is 7. The van der Waals surface area contributed by atoms with Crippen LogP contribution in [0.2, 0.25) is 0 Å². The molecule has 1 aliphatic carbocycles. The summed E-state index contributed by atoms with van der Waals surface area (Å²) < 4.78 is 0. The highest BCUT2D eigenvalue weighted by Crippen LogP contribution is 2.22. The van der Waals surface area contributed by atoms with E-state index in [0.717, 1.165) is 19.1 Å². The van der Waals surface area contributed by atoms with Gasteiger partial charge in [-0.15, -0.1) is 0 Å². The number of likely N-dealkylation sites (N-methyl/N-ethyl adjacent to an activating group) is 1. The fraction of sp³-hybridized carbons (Fsp3) is 0.625. The summed E-state index contributed by atoms with van der Waals surface area (Å²) in [5.41, 5.74) is 1.38. The first-order valence-electron chi connectivity index (χ1n) is 7.39. The third kappa shape index (κ3) is 4.11. The minimum atomic E-state index is 0.855. The van der Waals surface area contributed by atoms with Crippen LogP contribution in [0, 0.1) is 0 Å². The molecule has 0 bridgehead atoms. The van der Waals surface area contributed by atoms with Crippen LogP contribution in [0.3, 0.4) is 0 Å². The van der Waals surface area contributed by atoms with E-state index in [4.69, 9.17) is 0 Å². The molecule has 2 rings (SSSR count). The second-order valence-electron chi connectivity index (χ2n) is 5.23. The Labute approximate surface area is 111 Å². The average molecular weight is 246 g/mol. The van der Waals surface area contributed by atoms with Gasteiger partial charge in [-0.1, -0.05) is 50.1 Å². The summed E-state index contributed by atoms with van der Waals surface area (Å²) in [4.78, 5) is 2.64. The van der Waals surface area contributed by atoms with Crippen molar-refractivity contribution in [2.45, 2.75) is 45.2 Å². The highest BCUT2D eigenvalue weighted by Gasteiger charge is 2.20. The molecule has 1 N–H and O–H groups in total. The molecular weight excluding hydrogens is 220 g/mol. The Bertz CT molecular complexity index is 317. The first-order chi connectivity index (χ1) is 8.90. The number of nitrogens with one attached hydrogen (secondary N) is 1. The summed E-state index contributed by atoms with van der Waals surface area (Å²) in [5, 5.41) is 3.55. The molecule has 0 aliphatic heterocycles. The van der Waals surface area contributed by atoms with Crippen LogP contribution in [-0.4, -0.2) is 30.6 Å². The minimum Gasteiger partial charge on any atom is -0.311 e. The lowest BCUT2D eigenvalue weighted by Crippen LogP contribution is -2.38. The topological polar surface area (TPSA) is 15.3 Å². The highest BCUT2D eigenvalue weighted by atomic mass is 15.2. The maximum absolute atomic E-state index is 3.55. The third-order valence-corrected chi connectivity index (χ3v) is 4.00. The Balaban J connectivity index is 1.64. The average Bonchev–Trinajstić information content (AvgIpc) is 2.94. The molecule has 2 nitrogen and oxygen atoms in total. The molecule has 1 aromatic rings. The Kier molecular flexibility index (Phi) is 5.69. The molecule has 0 aromatic heterocycles. The lowest BCUT2D eigenvalue weighted by Gasteiger charge is -2.27. The van der Waals surface area contributed by atoms with Crippen molar-refractivity contribution in [2.75, 3.05) is 19.6 Å². The lowest BCUT2D eigenvalue weighted by atomic mass is 10.2. The molecule has 1 aromatic carbocycles. The van der Waals surface area contributed by atoms with Crippen molar-refractivity contribution in [3.8, 4) is 0 Å². The van der Waals surface area contributed by atoms with Crippen LogP contribution >= 0.6 is 0 Å². The molecule has 18 heavy (non-hydrogen) atoms. The summed E-state index contributed by atoms with van der Waals surface area (Å²) in [7, 11) is 0. The van der Waals surface area contributed by atoms with E-state index in [2.05, 4.69) is 47.5 Å². The van der Waals surface area contributed by atoms with E-state index in [1.54, 1.807) is 0 Å². The van der Waals surface area contributed by atoms with Gasteiger partial charge in [0.25, 0.3) is 0 Å². The molecule has 0 radical (unpaired) electrons. The minimum absolute atomic E-state index is 0.855. The summed E-state index contributed by atoms with van der Waals surface area (Å²) in [6.45, 7) is 6.75. The summed E-state index contributed by atoms with van der Waals surface area (Å²) >= 11 is 0. The largest absolute Gasteiger partial charge is 0.311 e. The molecular formula is C16H26N2. The van der Waals surface area contributed by atoms with Gasteiger partial charge in [0.05, 0.1) is 0 Å². The zero-order valence-electron chi connectivity index (χ0n) is 11.6. The van der Waals surface area contributed by atoms with E-state index in [1.165, 1.54) is 44.3 Å². The van der Waals surface area contributed by atoms with Crippen LogP contribution in [0.25, 0.3) is 0 Å². The van der Waals surface area contributed by atoms with Crippen LogP contribution in [0.5, 0.6) is 0 Å². The van der Waals surface area contributed by atoms with E-state index in [-0.39, 0.29) is 0 Å². The first kappa shape index (κ1) is 13.6. The maximum Gasteiger partial charge on any atom is 0.0206 e.